The van der Waals surface area contributed by atoms with E-state index >= 15 is 0 Å². The average Bonchev–Trinajstić information content (AvgIpc) is 3.25. The van der Waals surface area contributed by atoms with Gasteiger partial charge in [0.05, 0.1) is 13.2 Å². The molecule has 1 heterocycles. The van der Waals surface area contributed by atoms with Crippen molar-refractivity contribution >= 4 is 5.96 Å². The van der Waals surface area contributed by atoms with Crippen molar-refractivity contribution < 1.29 is 9.84 Å². The number of aliphatic imine (C=N–C) groups is 1. The van der Waals surface area contributed by atoms with Crippen molar-refractivity contribution in [1.82, 2.24) is 10.6 Å². The Bertz CT molecular complexity index is 362. The number of hydrogen-bond donors (Lipinski definition) is 3. The molecule has 1 saturated carbocycles. The number of aliphatic hydroxyl groups excluding tert-OH is 1. The summed E-state index contributed by atoms with van der Waals surface area (Å²) in [6.45, 7) is 6.41. The van der Waals surface area contributed by atoms with Crippen molar-refractivity contribution in [2.75, 3.05) is 39.5 Å². The van der Waals surface area contributed by atoms with E-state index in [0.29, 0.717) is 0 Å². The maximum atomic E-state index is 9.32. The second-order valence-electron chi connectivity index (χ2n) is 7.54. The van der Waals surface area contributed by atoms with Crippen LogP contribution in [0.15, 0.2) is 4.99 Å². The summed E-state index contributed by atoms with van der Waals surface area (Å²) in [6.07, 6.45) is 11.5. The third-order valence-electron chi connectivity index (χ3n) is 5.55. The van der Waals surface area contributed by atoms with Crippen LogP contribution in [0, 0.1) is 11.3 Å². The Morgan fingerprint density at radius 1 is 1.25 bits per heavy atom. The number of guanidine groups is 1. The second kappa shape index (κ2) is 10.9. The van der Waals surface area contributed by atoms with Crippen LogP contribution in [0.25, 0.3) is 0 Å². The van der Waals surface area contributed by atoms with E-state index in [-0.39, 0.29) is 12.0 Å². The van der Waals surface area contributed by atoms with Crippen LogP contribution >= 0.6 is 0 Å². The molecular weight excluding hydrogens is 302 g/mol. The van der Waals surface area contributed by atoms with E-state index in [1.807, 2.05) is 0 Å². The average molecular weight is 340 g/mol. The zero-order valence-electron chi connectivity index (χ0n) is 15.5. The van der Waals surface area contributed by atoms with Crippen LogP contribution in [0.4, 0.5) is 0 Å². The largest absolute Gasteiger partial charge is 0.396 e. The second-order valence-corrected chi connectivity index (χ2v) is 7.54. The zero-order valence-corrected chi connectivity index (χ0v) is 15.5. The van der Waals surface area contributed by atoms with Crippen LogP contribution < -0.4 is 10.6 Å². The molecule has 0 aromatic heterocycles. The highest BCUT2D eigenvalue weighted by Gasteiger charge is 2.34. The Morgan fingerprint density at radius 3 is 2.75 bits per heavy atom. The molecule has 5 nitrogen and oxygen atoms in total. The summed E-state index contributed by atoms with van der Waals surface area (Å²) in [7, 11) is 0. The van der Waals surface area contributed by atoms with Gasteiger partial charge < -0.3 is 20.5 Å². The van der Waals surface area contributed by atoms with Gasteiger partial charge in [0.15, 0.2) is 5.96 Å². The van der Waals surface area contributed by atoms with Crippen LogP contribution in [-0.4, -0.2) is 50.5 Å². The topological polar surface area (TPSA) is 65.9 Å². The lowest BCUT2D eigenvalue weighted by Crippen LogP contribution is -2.39. The molecule has 5 heteroatoms. The molecule has 1 aliphatic carbocycles. The summed E-state index contributed by atoms with van der Waals surface area (Å²) in [4.78, 5) is 4.76. The summed E-state index contributed by atoms with van der Waals surface area (Å²) < 4.78 is 5.55. The highest BCUT2D eigenvalue weighted by molar-refractivity contribution is 5.79. The van der Waals surface area contributed by atoms with Crippen molar-refractivity contribution in [2.45, 2.75) is 64.7 Å². The van der Waals surface area contributed by atoms with Gasteiger partial charge in [0.2, 0.25) is 0 Å². The van der Waals surface area contributed by atoms with Crippen LogP contribution in [0.2, 0.25) is 0 Å². The van der Waals surface area contributed by atoms with Crippen LogP contribution in [-0.2, 0) is 4.74 Å². The van der Waals surface area contributed by atoms with Crippen molar-refractivity contribution in [3.05, 3.63) is 0 Å². The first kappa shape index (κ1) is 19.5. The first-order valence-corrected chi connectivity index (χ1v) is 9.99. The molecule has 1 aliphatic heterocycles. The highest BCUT2D eigenvalue weighted by atomic mass is 16.5. The Balaban J connectivity index is 1.69. The van der Waals surface area contributed by atoms with Crippen LogP contribution in [0.1, 0.15) is 64.7 Å². The predicted octanol–water partition coefficient (Wildman–Crippen LogP) is 2.69. The Hall–Kier alpha value is -0.810. The fourth-order valence-electron chi connectivity index (χ4n) is 3.94. The Kier molecular flexibility index (Phi) is 8.89. The standard InChI is InChI=1S/C19H37N3O2/c1-2-20-18(21-12-6-5-9-17-7-3-4-8-17)22-15-19(10-13-23)11-14-24-16-19/h17,23H,2-16H2,1H3,(H2,20,21,22). The minimum Gasteiger partial charge on any atom is -0.396 e. The van der Waals surface area contributed by atoms with E-state index in [4.69, 9.17) is 9.73 Å². The minimum atomic E-state index is 0.0274. The molecule has 1 saturated heterocycles. The van der Waals surface area contributed by atoms with Crippen LogP contribution in [0.3, 0.4) is 0 Å². The molecule has 0 bridgehead atoms. The molecule has 0 radical (unpaired) electrons. The number of rotatable bonds is 10. The van der Waals surface area contributed by atoms with Crippen molar-refractivity contribution in [1.29, 1.82) is 0 Å². The molecule has 2 aliphatic rings. The van der Waals surface area contributed by atoms with E-state index in [9.17, 15) is 5.11 Å². The molecule has 0 aromatic carbocycles. The van der Waals surface area contributed by atoms with Crippen molar-refractivity contribution in [2.24, 2.45) is 16.3 Å². The van der Waals surface area contributed by atoms with Gasteiger partial charge >= 0.3 is 0 Å². The van der Waals surface area contributed by atoms with Gasteiger partial charge in [-0.05, 0) is 32.1 Å². The maximum absolute atomic E-state index is 9.32. The number of nitrogens with zero attached hydrogens (tertiary/aromatic N) is 1. The molecule has 2 fully saturated rings. The number of ether oxygens (including phenoxy) is 1. The van der Waals surface area contributed by atoms with Gasteiger partial charge in [0, 0.05) is 31.7 Å². The molecule has 3 N–H and O–H groups in total. The normalized spacial score (nSPS) is 25.3. The van der Waals surface area contributed by atoms with Gasteiger partial charge in [-0.15, -0.1) is 0 Å². The summed E-state index contributed by atoms with van der Waals surface area (Å²) in [5, 5.41) is 16.1. The van der Waals surface area contributed by atoms with E-state index in [1.54, 1.807) is 0 Å². The summed E-state index contributed by atoms with van der Waals surface area (Å²) in [5.74, 6) is 1.90. The van der Waals surface area contributed by atoms with E-state index in [1.165, 1.54) is 44.9 Å². The van der Waals surface area contributed by atoms with Gasteiger partial charge in [0.1, 0.15) is 0 Å². The third kappa shape index (κ3) is 6.60. The molecular formula is C19H37N3O2. The van der Waals surface area contributed by atoms with Gasteiger partial charge in [-0.2, -0.15) is 0 Å². The molecule has 0 spiro atoms. The highest BCUT2D eigenvalue weighted by Crippen LogP contribution is 2.32. The van der Waals surface area contributed by atoms with Crippen LogP contribution in [0.5, 0.6) is 0 Å². The van der Waals surface area contributed by atoms with E-state index < -0.39 is 0 Å². The van der Waals surface area contributed by atoms with E-state index in [2.05, 4.69) is 17.6 Å². The minimum absolute atomic E-state index is 0.0274. The van der Waals surface area contributed by atoms with Gasteiger partial charge in [-0.25, -0.2) is 0 Å². The van der Waals surface area contributed by atoms with Gasteiger partial charge in [0.25, 0.3) is 0 Å². The third-order valence-corrected chi connectivity index (χ3v) is 5.55. The molecule has 2 rings (SSSR count). The molecule has 1 unspecified atom stereocenters. The van der Waals surface area contributed by atoms with Crippen molar-refractivity contribution in [3.63, 3.8) is 0 Å². The van der Waals surface area contributed by atoms with E-state index in [0.717, 1.165) is 57.6 Å². The lowest BCUT2D eigenvalue weighted by atomic mass is 9.84. The lowest BCUT2D eigenvalue weighted by molar-refractivity contribution is 0.131. The summed E-state index contributed by atoms with van der Waals surface area (Å²) in [5.41, 5.74) is 0.0274. The quantitative estimate of drug-likeness (QED) is 0.325. The monoisotopic (exact) mass is 339 g/mol. The maximum Gasteiger partial charge on any atom is 0.191 e. The van der Waals surface area contributed by atoms with Gasteiger partial charge in [-0.3, -0.25) is 4.99 Å². The first-order chi connectivity index (χ1) is 11.8. The Morgan fingerprint density at radius 2 is 2.08 bits per heavy atom. The number of aliphatic hydroxyl groups is 1. The smallest absolute Gasteiger partial charge is 0.191 e. The lowest BCUT2D eigenvalue weighted by Gasteiger charge is -2.24. The Labute approximate surface area is 147 Å². The first-order valence-electron chi connectivity index (χ1n) is 9.99. The fourth-order valence-corrected chi connectivity index (χ4v) is 3.94. The molecule has 1 atom stereocenters. The molecule has 24 heavy (non-hydrogen) atoms. The zero-order chi connectivity index (χ0) is 17.1. The number of nitrogens with one attached hydrogen (secondary N) is 2. The molecule has 0 aromatic rings. The SMILES string of the molecule is CCNC(=NCC1(CCO)CCOC1)NCCCCC1CCCC1. The number of unbranched alkanes of at least 4 members (excludes halogenated alkanes) is 1. The predicted molar refractivity (Wildman–Crippen MR) is 99.4 cm³/mol. The summed E-state index contributed by atoms with van der Waals surface area (Å²) in [6, 6.07) is 0. The fraction of sp³-hybridized carbons (Fsp3) is 0.947. The van der Waals surface area contributed by atoms with Crippen molar-refractivity contribution in [3.8, 4) is 0 Å². The summed E-state index contributed by atoms with van der Waals surface area (Å²) >= 11 is 0. The number of hydrogen-bond acceptors (Lipinski definition) is 3. The molecule has 0 amide bonds. The van der Waals surface area contributed by atoms with Gasteiger partial charge in [-0.1, -0.05) is 38.5 Å². The molecule has 140 valence electrons.